The average molecular weight is 370 g/mol. The minimum absolute atomic E-state index is 0.0690. The monoisotopic (exact) mass is 370 g/mol. The first kappa shape index (κ1) is 17.4. The van der Waals surface area contributed by atoms with Crippen LogP contribution in [0.5, 0.6) is 5.75 Å². The highest BCUT2D eigenvalue weighted by molar-refractivity contribution is 5.98. The summed E-state index contributed by atoms with van der Waals surface area (Å²) in [7, 11) is 0. The Bertz CT molecular complexity index is 1020. The molecular weight excluding hydrogens is 351 g/mol. The maximum Gasteiger partial charge on any atom is 0.257 e. The van der Waals surface area contributed by atoms with Crippen LogP contribution in [0.25, 0.3) is 11.0 Å². The third-order valence-corrected chi connectivity index (χ3v) is 4.52. The van der Waals surface area contributed by atoms with Crippen LogP contribution in [0.4, 0.5) is 4.39 Å². The molecule has 3 aromatic rings. The molecular formula is C19H19FN4O3. The molecule has 0 bridgehead atoms. The molecule has 0 fully saturated rings. The van der Waals surface area contributed by atoms with E-state index in [9.17, 15) is 9.18 Å². The maximum atomic E-state index is 13.9. The number of para-hydroxylation sites is 1. The van der Waals surface area contributed by atoms with Gasteiger partial charge in [-0.1, -0.05) is 11.2 Å². The molecule has 2 aromatic heterocycles. The topological polar surface area (TPSA) is 89.3 Å². The van der Waals surface area contributed by atoms with E-state index in [4.69, 9.17) is 9.26 Å². The van der Waals surface area contributed by atoms with E-state index in [1.54, 1.807) is 32.2 Å². The zero-order valence-corrected chi connectivity index (χ0v) is 15.0. The smallest absolute Gasteiger partial charge is 0.257 e. The van der Waals surface area contributed by atoms with E-state index >= 15 is 0 Å². The van der Waals surface area contributed by atoms with Crippen molar-refractivity contribution in [3.8, 4) is 5.75 Å². The Hall–Kier alpha value is -3.00. The van der Waals surface area contributed by atoms with E-state index in [2.05, 4.69) is 20.8 Å². The van der Waals surface area contributed by atoms with E-state index in [-0.39, 0.29) is 11.5 Å². The van der Waals surface area contributed by atoms with Crippen molar-refractivity contribution in [2.24, 2.45) is 0 Å². The van der Waals surface area contributed by atoms with Crippen LogP contribution in [0, 0.1) is 5.82 Å². The number of amides is 1. The fourth-order valence-corrected chi connectivity index (χ4v) is 3.19. The number of carbonyl (C=O) groups is 1. The molecule has 0 atom stereocenters. The summed E-state index contributed by atoms with van der Waals surface area (Å²) in [5.41, 5.74) is 0.791. The second-order valence-electron chi connectivity index (χ2n) is 6.93. The van der Waals surface area contributed by atoms with Crippen LogP contribution >= 0.6 is 0 Å². The Kier molecular flexibility index (Phi) is 4.27. The van der Waals surface area contributed by atoms with E-state index < -0.39 is 11.4 Å². The molecule has 1 aliphatic heterocycles. The Morgan fingerprint density at radius 2 is 2.19 bits per heavy atom. The number of carbonyl (C=O) groups excluding carboxylic acids is 1. The molecule has 27 heavy (non-hydrogen) atoms. The maximum absolute atomic E-state index is 13.9. The second kappa shape index (κ2) is 6.62. The lowest BCUT2D eigenvalue weighted by molar-refractivity contribution is 0.0905. The van der Waals surface area contributed by atoms with Crippen LogP contribution in [-0.2, 0) is 12.1 Å². The SMILES string of the molecule is CC(C)(NC(=O)c1cncc2c1OCCNC2)c1noc2c(F)cccc12. The minimum atomic E-state index is -0.901. The summed E-state index contributed by atoms with van der Waals surface area (Å²) >= 11 is 0. The number of aromatic nitrogens is 2. The normalized spacial score (nSPS) is 14.3. The molecule has 1 aromatic carbocycles. The standard InChI is InChI=1S/C19H19FN4O3/c1-19(2,17-12-4-3-5-14(20)16(12)27-24-17)23-18(25)13-10-22-9-11-8-21-6-7-26-15(11)13/h3-5,9-10,21H,6-8H2,1-2H3,(H,23,25). The molecule has 8 heteroatoms. The summed E-state index contributed by atoms with van der Waals surface area (Å²) in [6.07, 6.45) is 3.17. The quantitative estimate of drug-likeness (QED) is 0.736. The summed E-state index contributed by atoms with van der Waals surface area (Å²) in [5, 5.41) is 10.7. The van der Waals surface area contributed by atoms with Crippen molar-refractivity contribution in [2.75, 3.05) is 13.2 Å². The average Bonchev–Trinajstić information content (AvgIpc) is 2.94. The fraction of sp³-hybridized carbons (Fsp3) is 0.316. The molecule has 0 radical (unpaired) electrons. The first-order valence-electron chi connectivity index (χ1n) is 8.64. The summed E-state index contributed by atoms with van der Waals surface area (Å²) in [4.78, 5) is 17.1. The highest BCUT2D eigenvalue weighted by Crippen LogP contribution is 2.30. The number of nitrogens with one attached hydrogen (secondary N) is 2. The largest absolute Gasteiger partial charge is 0.491 e. The number of pyridine rings is 1. The molecule has 0 unspecified atom stereocenters. The molecule has 0 saturated carbocycles. The van der Waals surface area contributed by atoms with Gasteiger partial charge in [0.15, 0.2) is 5.82 Å². The minimum Gasteiger partial charge on any atom is -0.491 e. The van der Waals surface area contributed by atoms with E-state index in [0.717, 1.165) is 5.56 Å². The molecule has 1 amide bonds. The van der Waals surface area contributed by atoms with Crippen LogP contribution in [0.1, 0.15) is 35.5 Å². The highest BCUT2D eigenvalue weighted by atomic mass is 19.1. The van der Waals surface area contributed by atoms with Crippen molar-refractivity contribution >= 4 is 16.9 Å². The van der Waals surface area contributed by atoms with Crippen LogP contribution in [0.15, 0.2) is 35.1 Å². The van der Waals surface area contributed by atoms with Crippen LogP contribution in [0.2, 0.25) is 0 Å². The predicted octanol–water partition coefficient (Wildman–Crippen LogP) is 2.51. The molecule has 0 saturated heterocycles. The van der Waals surface area contributed by atoms with Crippen molar-refractivity contribution < 1.29 is 18.4 Å². The van der Waals surface area contributed by atoms with Gasteiger partial charge < -0.3 is 19.9 Å². The Morgan fingerprint density at radius 1 is 1.33 bits per heavy atom. The predicted molar refractivity (Wildman–Crippen MR) is 95.9 cm³/mol. The van der Waals surface area contributed by atoms with E-state index in [0.29, 0.717) is 42.1 Å². The van der Waals surface area contributed by atoms with Gasteiger partial charge >= 0.3 is 0 Å². The van der Waals surface area contributed by atoms with E-state index in [1.165, 1.54) is 12.3 Å². The van der Waals surface area contributed by atoms with Gasteiger partial charge in [0.25, 0.3) is 5.91 Å². The number of nitrogens with zero attached hydrogens (tertiary/aromatic N) is 2. The molecule has 1 aliphatic rings. The summed E-state index contributed by atoms with van der Waals surface area (Å²) < 4.78 is 24.8. The van der Waals surface area contributed by atoms with Gasteiger partial charge in [0.1, 0.15) is 18.1 Å². The van der Waals surface area contributed by atoms with E-state index in [1.807, 2.05) is 0 Å². The zero-order valence-electron chi connectivity index (χ0n) is 15.0. The fourth-order valence-electron chi connectivity index (χ4n) is 3.19. The lowest BCUT2D eigenvalue weighted by Crippen LogP contribution is -2.41. The van der Waals surface area contributed by atoms with Gasteiger partial charge in [0, 0.05) is 31.0 Å². The molecule has 0 spiro atoms. The molecule has 3 heterocycles. The van der Waals surface area contributed by atoms with Crippen molar-refractivity contribution in [2.45, 2.75) is 25.9 Å². The van der Waals surface area contributed by atoms with Crippen LogP contribution in [0.3, 0.4) is 0 Å². The van der Waals surface area contributed by atoms with Crippen molar-refractivity contribution in [1.82, 2.24) is 20.8 Å². The second-order valence-corrected chi connectivity index (χ2v) is 6.93. The Balaban J connectivity index is 1.67. The molecule has 2 N–H and O–H groups in total. The molecule has 140 valence electrons. The van der Waals surface area contributed by atoms with Crippen LogP contribution < -0.4 is 15.4 Å². The summed E-state index contributed by atoms with van der Waals surface area (Å²) in [6.45, 7) is 5.31. The Morgan fingerprint density at radius 3 is 3.04 bits per heavy atom. The number of rotatable bonds is 3. The lowest BCUT2D eigenvalue weighted by atomic mass is 9.96. The van der Waals surface area contributed by atoms with Gasteiger partial charge in [-0.3, -0.25) is 9.78 Å². The van der Waals surface area contributed by atoms with Crippen molar-refractivity contribution in [3.63, 3.8) is 0 Å². The van der Waals surface area contributed by atoms with Gasteiger partial charge in [-0.05, 0) is 26.0 Å². The number of benzene rings is 1. The first-order chi connectivity index (χ1) is 13.0. The number of hydrogen-bond acceptors (Lipinski definition) is 6. The van der Waals surface area contributed by atoms with Gasteiger partial charge in [0.05, 0.1) is 16.5 Å². The number of fused-ring (bicyclic) bond motifs is 2. The van der Waals surface area contributed by atoms with Gasteiger partial charge in [-0.15, -0.1) is 0 Å². The first-order valence-corrected chi connectivity index (χ1v) is 8.64. The highest BCUT2D eigenvalue weighted by Gasteiger charge is 2.31. The van der Waals surface area contributed by atoms with Gasteiger partial charge in [0.2, 0.25) is 5.58 Å². The third kappa shape index (κ3) is 3.12. The molecule has 7 nitrogen and oxygen atoms in total. The van der Waals surface area contributed by atoms with Crippen LogP contribution in [-0.4, -0.2) is 29.2 Å². The summed E-state index contributed by atoms with van der Waals surface area (Å²) in [6, 6.07) is 4.60. The number of halogens is 1. The summed E-state index contributed by atoms with van der Waals surface area (Å²) in [5.74, 6) is -0.315. The lowest BCUT2D eigenvalue weighted by Gasteiger charge is -2.25. The van der Waals surface area contributed by atoms with Crippen molar-refractivity contribution in [1.29, 1.82) is 0 Å². The Labute approximate surface area is 154 Å². The number of ether oxygens (including phenoxy) is 1. The van der Waals surface area contributed by atoms with Gasteiger partial charge in [-0.2, -0.15) is 0 Å². The third-order valence-electron chi connectivity index (χ3n) is 4.52. The molecule has 4 rings (SSSR count). The van der Waals surface area contributed by atoms with Crippen molar-refractivity contribution in [3.05, 3.63) is 53.2 Å². The number of hydrogen-bond donors (Lipinski definition) is 2. The zero-order chi connectivity index (χ0) is 19.0. The van der Waals surface area contributed by atoms with Gasteiger partial charge in [-0.25, -0.2) is 4.39 Å². The molecule has 0 aliphatic carbocycles.